The molecule has 0 amide bonds. The quantitative estimate of drug-likeness (QED) is 0.451. The Hall–Kier alpha value is -2.68. The fourth-order valence-corrected chi connectivity index (χ4v) is 4.40. The van der Waals surface area contributed by atoms with Crippen molar-refractivity contribution in [2.75, 3.05) is 0 Å². The molecule has 1 fully saturated rings. The first-order chi connectivity index (χ1) is 14.0. The van der Waals surface area contributed by atoms with E-state index in [1.807, 2.05) is 42.1 Å². The Morgan fingerprint density at radius 3 is 2.85 bits per heavy atom. The van der Waals surface area contributed by atoms with Crippen LogP contribution in [0.3, 0.4) is 0 Å². The van der Waals surface area contributed by atoms with Gasteiger partial charge in [-0.25, -0.2) is 9.55 Å². The van der Waals surface area contributed by atoms with E-state index in [9.17, 15) is 0 Å². The van der Waals surface area contributed by atoms with E-state index in [-0.39, 0.29) is 5.92 Å². The summed E-state index contributed by atoms with van der Waals surface area (Å²) in [5.74, 6) is 0.0560. The lowest BCUT2D eigenvalue weighted by atomic mass is 9.92. The Kier molecular flexibility index (Phi) is 3.46. The summed E-state index contributed by atoms with van der Waals surface area (Å²) in [5, 5.41) is 2.01. The minimum absolute atomic E-state index is 0.0560. The molecular weight excluding hydrogens is 332 g/mol. The summed E-state index contributed by atoms with van der Waals surface area (Å²) in [6.07, 6.45) is 6.46. The Morgan fingerprint density at radius 1 is 1.15 bits per heavy atom. The van der Waals surface area contributed by atoms with Gasteiger partial charge in [0.05, 0.1) is 5.56 Å². The van der Waals surface area contributed by atoms with Gasteiger partial charge in [-0.15, -0.1) is 0 Å². The van der Waals surface area contributed by atoms with Gasteiger partial charge in [0.1, 0.15) is 7.05 Å². The molecule has 3 nitrogen and oxygen atoms in total. The molecule has 1 saturated carbocycles. The lowest BCUT2D eigenvalue weighted by molar-refractivity contribution is -0.660. The number of furan rings is 1. The van der Waals surface area contributed by atoms with Crippen LogP contribution in [0.25, 0.3) is 33.3 Å². The first-order valence-electron chi connectivity index (χ1n) is 10.7. The van der Waals surface area contributed by atoms with Crippen LogP contribution in [0, 0.1) is 12.8 Å². The maximum Gasteiger partial charge on any atom is 0.227 e. The first kappa shape index (κ1) is 14.4. The highest BCUT2D eigenvalue weighted by Crippen LogP contribution is 2.38. The van der Waals surface area contributed by atoms with Crippen LogP contribution >= 0.6 is 0 Å². The normalized spacial score (nSPS) is 16.8. The lowest BCUT2D eigenvalue weighted by Gasteiger charge is -2.13. The molecule has 1 aliphatic rings. The minimum atomic E-state index is -1.39. The molecule has 0 bridgehead atoms. The van der Waals surface area contributed by atoms with E-state index in [0.29, 0.717) is 5.71 Å². The molecule has 1 aliphatic carbocycles. The summed E-state index contributed by atoms with van der Waals surface area (Å²) in [5.41, 5.74) is 5.07. The van der Waals surface area contributed by atoms with Crippen molar-refractivity contribution >= 4 is 22.1 Å². The molecule has 0 spiro atoms. The smallest absolute Gasteiger partial charge is 0.227 e. The van der Waals surface area contributed by atoms with E-state index >= 15 is 0 Å². The molecule has 0 radical (unpaired) electrons. The van der Waals surface area contributed by atoms with Crippen molar-refractivity contribution < 1.29 is 11.7 Å². The lowest BCUT2D eigenvalue weighted by Crippen LogP contribution is -2.32. The molecule has 0 atom stereocenters. The minimum Gasteiger partial charge on any atom is -0.437 e. The van der Waals surface area contributed by atoms with Crippen molar-refractivity contribution in [1.29, 1.82) is 0 Å². The highest BCUT2D eigenvalue weighted by atomic mass is 16.3. The average Bonchev–Trinajstić information content (AvgIpc) is 3.37. The van der Waals surface area contributed by atoms with E-state index < -0.39 is 6.37 Å². The van der Waals surface area contributed by atoms with Gasteiger partial charge < -0.3 is 4.42 Å². The van der Waals surface area contributed by atoms with Crippen LogP contribution in [0.2, 0.25) is 0 Å². The van der Waals surface area contributed by atoms with Gasteiger partial charge in [-0.3, -0.25) is 0 Å². The molecule has 0 unspecified atom stereocenters. The molecule has 1 aromatic carbocycles. The zero-order valence-electron chi connectivity index (χ0n) is 17.8. The van der Waals surface area contributed by atoms with Crippen LogP contribution in [0.4, 0.5) is 0 Å². The molecule has 27 heavy (non-hydrogen) atoms. The second kappa shape index (κ2) is 6.49. The Labute approximate surface area is 162 Å². The molecule has 3 heterocycles. The van der Waals surface area contributed by atoms with E-state index in [2.05, 4.69) is 24.0 Å². The zero-order chi connectivity index (χ0) is 20.2. The van der Waals surface area contributed by atoms with Crippen molar-refractivity contribution in [3.8, 4) is 11.3 Å². The molecule has 0 N–H and O–H groups in total. The third kappa shape index (κ3) is 2.73. The number of benzene rings is 1. The fourth-order valence-electron chi connectivity index (χ4n) is 4.40. The standard InChI is InChI=1S/C24H25N2O/c1-16-11-12-19-20-10-5-13-25-24(20)27-23(19)21(16)22-18(9-6-14-26(22)2)15-17-7-3-4-8-17/h5-6,9-14,17H,3-4,7-8,15H2,1-2H3/q+1/i15D2. The first-order valence-corrected chi connectivity index (χ1v) is 9.75. The second-order valence-corrected chi connectivity index (χ2v) is 7.60. The topological polar surface area (TPSA) is 29.9 Å². The molecule has 3 heteroatoms. The third-order valence-corrected chi connectivity index (χ3v) is 5.76. The maximum absolute atomic E-state index is 9.05. The molecule has 3 aromatic heterocycles. The monoisotopic (exact) mass is 359 g/mol. The van der Waals surface area contributed by atoms with Crippen LogP contribution in [-0.4, -0.2) is 4.98 Å². The van der Waals surface area contributed by atoms with Gasteiger partial charge >= 0.3 is 0 Å². The van der Waals surface area contributed by atoms with Crippen LogP contribution in [0.15, 0.2) is 53.2 Å². The predicted molar refractivity (Wildman–Crippen MR) is 109 cm³/mol. The van der Waals surface area contributed by atoms with E-state index in [4.69, 9.17) is 7.16 Å². The summed E-state index contributed by atoms with van der Waals surface area (Å²) >= 11 is 0. The van der Waals surface area contributed by atoms with Crippen LogP contribution in [0.5, 0.6) is 0 Å². The zero-order valence-corrected chi connectivity index (χ0v) is 15.8. The Bertz CT molecular complexity index is 1220. The summed E-state index contributed by atoms with van der Waals surface area (Å²) in [7, 11) is 1.99. The van der Waals surface area contributed by atoms with Crippen LogP contribution in [0.1, 0.15) is 39.6 Å². The Balaban J connectivity index is 1.83. The van der Waals surface area contributed by atoms with E-state index in [1.54, 1.807) is 6.20 Å². The largest absolute Gasteiger partial charge is 0.437 e. The number of hydrogen-bond donors (Lipinski definition) is 0. The molecule has 5 rings (SSSR count). The number of nitrogens with zero attached hydrogens (tertiary/aromatic N) is 2. The van der Waals surface area contributed by atoms with Gasteiger partial charge in [0.25, 0.3) is 0 Å². The van der Waals surface area contributed by atoms with E-state index in [0.717, 1.165) is 64.4 Å². The maximum atomic E-state index is 9.05. The number of fused-ring (bicyclic) bond motifs is 3. The summed E-state index contributed by atoms with van der Waals surface area (Å²) < 4.78 is 26.3. The highest BCUT2D eigenvalue weighted by molar-refractivity contribution is 6.08. The van der Waals surface area contributed by atoms with Gasteiger partial charge in [0.2, 0.25) is 11.4 Å². The summed E-state index contributed by atoms with van der Waals surface area (Å²) in [6.45, 7) is 2.07. The van der Waals surface area contributed by atoms with Crippen LogP contribution in [-0.2, 0) is 13.4 Å². The molecule has 136 valence electrons. The van der Waals surface area contributed by atoms with Gasteiger partial charge in [-0.1, -0.05) is 37.8 Å². The number of rotatable bonds is 3. The number of hydrogen-bond acceptors (Lipinski definition) is 2. The van der Waals surface area contributed by atoms with Crippen molar-refractivity contribution in [3.63, 3.8) is 0 Å². The highest BCUT2D eigenvalue weighted by Gasteiger charge is 2.26. The average molecular weight is 359 g/mol. The van der Waals surface area contributed by atoms with Crippen molar-refractivity contribution in [3.05, 3.63) is 59.9 Å². The van der Waals surface area contributed by atoms with E-state index in [1.165, 1.54) is 0 Å². The number of aryl methyl sites for hydroxylation is 2. The molecular formula is C24H25N2O+. The molecule has 0 aliphatic heterocycles. The van der Waals surface area contributed by atoms with Gasteiger partial charge in [0.15, 0.2) is 11.8 Å². The van der Waals surface area contributed by atoms with Crippen molar-refractivity contribution in [1.82, 2.24) is 4.98 Å². The van der Waals surface area contributed by atoms with Crippen molar-refractivity contribution in [2.45, 2.75) is 39.0 Å². The molecule has 0 saturated heterocycles. The van der Waals surface area contributed by atoms with Crippen molar-refractivity contribution in [2.24, 2.45) is 13.0 Å². The fraction of sp³-hybridized carbons (Fsp3) is 0.333. The third-order valence-electron chi connectivity index (χ3n) is 5.76. The van der Waals surface area contributed by atoms with Crippen LogP contribution < -0.4 is 4.57 Å². The number of pyridine rings is 2. The summed E-state index contributed by atoms with van der Waals surface area (Å²) in [4.78, 5) is 4.39. The second-order valence-electron chi connectivity index (χ2n) is 7.60. The molecule has 4 aromatic rings. The SMILES string of the molecule is [2H]C([2H])(c1ccc[n+](C)c1-c1c(C)ccc2c1oc1ncccc12)C1CCCC1. The number of aromatic nitrogens is 2. The van der Waals surface area contributed by atoms with Gasteiger partial charge in [0, 0.05) is 31.3 Å². The van der Waals surface area contributed by atoms with Gasteiger partial charge in [-0.2, -0.15) is 0 Å². The Morgan fingerprint density at radius 2 is 2.00 bits per heavy atom. The summed E-state index contributed by atoms with van der Waals surface area (Å²) in [6, 6.07) is 12.0. The van der Waals surface area contributed by atoms with Gasteiger partial charge in [-0.05, 0) is 43.0 Å². The predicted octanol–water partition coefficient (Wildman–Crippen LogP) is 5.51.